The first kappa shape index (κ1) is 19.8. The maximum atomic E-state index is 12.2. The van der Waals surface area contributed by atoms with Crippen LogP contribution in [0.25, 0.3) is 0 Å². The van der Waals surface area contributed by atoms with Gasteiger partial charge in [-0.3, -0.25) is 4.79 Å². The van der Waals surface area contributed by atoms with Gasteiger partial charge in [-0.2, -0.15) is 0 Å². The standard InChI is InChI=1S/C22H29NO3/c1-5-25-20-12-10-19(11-13-20)7-6-14-23-22(24)18(4)26-21-15-16(2)8-9-17(21)3/h8-13,15,18H,5-7,14H2,1-4H3,(H,23,24)/t18-/m1/s1. The molecule has 2 aromatic rings. The minimum Gasteiger partial charge on any atom is -0.494 e. The molecule has 4 heteroatoms. The van der Waals surface area contributed by atoms with Gasteiger partial charge in [0, 0.05) is 6.54 Å². The Hall–Kier alpha value is -2.49. The lowest BCUT2D eigenvalue weighted by Crippen LogP contribution is -2.37. The van der Waals surface area contributed by atoms with Crippen molar-refractivity contribution in [2.75, 3.05) is 13.2 Å². The molecule has 0 aliphatic heterocycles. The number of benzene rings is 2. The third kappa shape index (κ3) is 6.10. The number of hydrogen-bond donors (Lipinski definition) is 1. The fourth-order valence-electron chi connectivity index (χ4n) is 2.65. The Labute approximate surface area is 156 Å². The summed E-state index contributed by atoms with van der Waals surface area (Å²) in [5.41, 5.74) is 3.39. The van der Waals surface area contributed by atoms with Gasteiger partial charge in [-0.25, -0.2) is 0 Å². The summed E-state index contributed by atoms with van der Waals surface area (Å²) < 4.78 is 11.3. The molecule has 4 nitrogen and oxygen atoms in total. The Kier molecular flexibility index (Phi) is 7.52. The van der Waals surface area contributed by atoms with Gasteiger partial charge in [0.25, 0.3) is 5.91 Å². The predicted octanol–water partition coefficient (Wildman–Crippen LogP) is 4.22. The summed E-state index contributed by atoms with van der Waals surface area (Å²) in [7, 11) is 0. The second-order valence-corrected chi connectivity index (χ2v) is 6.50. The van der Waals surface area contributed by atoms with E-state index in [1.165, 1.54) is 5.56 Å². The Morgan fingerprint density at radius 2 is 1.85 bits per heavy atom. The van der Waals surface area contributed by atoms with Gasteiger partial charge < -0.3 is 14.8 Å². The van der Waals surface area contributed by atoms with E-state index in [1.807, 2.05) is 51.1 Å². The van der Waals surface area contributed by atoms with Gasteiger partial charge in [0.1, 0.15) is 11.5 Å². The fourth-order valence-corrected chi connectivity index (χ4v) is 2.65. The van der Waals surface area contributed by atoms with Crippen LogP contribution in [0.5, 0.6) is 11.5 Å². The molecule has 1 atom stereocenters. The van der Waals surface area contributed by atoms with E-state index in [-0.39, 0.29) is 5.91 Å². The maximum absolute atomic E-state index is 12.2. The SMILES string of the molecule is CCOc1ccc(CCCNC(=O)[C@@H](C)Oc2cc(C)ccc2C)cc1. The van der Waals surface area contributed by atoms with E-state index in [9.17, 15) is 4.79 Å². The van der Waals surface area contributed by atoms with Gasteiger partial charge in [0.05, 0.1) is 6.61 Å². The van der Waals surface area contributed by atoms with E-state index < -0.39 is 6.10 Å². The number of hydrogen-bond acceptors (Lipinski definition) is 3. The van der Waals surface area contributed by atoms with Crippen LogP contribution in [0.2, 0.25) is 0 Å². The molecule has 0 aromatic heterocycles. The van der Waals surface area contributed by atoms with Gasteiger partial charge >= 0.3 is 0 Å². The molecule has 2 rings (SSSR count). The number of nitrogens with one attached hydrogen (secondary N) is 1. The van der Waals surface area contributed by atoms with Gasteiger partial charge in [-0.05, 0) is 75.4 Å². The Balaban J connectivity index is 1.73. The third-order valence-corrected chi connectivity index (χ3v) is 4.19. The van der Waals surface area contributed by atoms with Crippen molar-refractivity contribution in [1.82, 2.24) is 5.32 Å². The van der Waals surface area contributed by atoms with Crippen LogP contribution in [-0.4, -0.2) is 25.2 Å². The Morgan fingerprint density at radius 3 is 2.54 bits per heavy atom. The van der Waals surface area contributed by atoms with Crippen molar-refractivity contribution >= 4 is 5.91 Å². The van der Waals surface area contributed by atoms with Crippen molar-refractivity contribution < 1.29 is 14.3 Å². The Bertz CT molecular complexity index is 710. The maximum Gasteiger partial charge on any atom is 0.260 e. The number of amides is 1. The second-order valence-electron chi connectivity index (χ2n) is 6.50. The fraction of sp³-hybridized carbons (Fsp3) is 0.409. The zero-order chi connectivity index (χ0) is 18.9. The highest BCUT2D eigenvalue weighted by molar-refractivity contribution is 5.80. The average Bonchev–Trinajstić information content (AvgIpc) is 2.63. The van der Waals surface area contributed by atoms with Crippen LogP contribution in [0.15, 0.2) is 42.5 Å². The van der Waals surface area contributed by atoms with Crippen molar-refractivity contribution in [1.29, 1.82) is 0 Å². The summed E-state index contributed by atoms with van der Waals surface area (Å²) in [6, 6.07) is 14.1. The molecule has 0 unspecified atom stereocenters. The molecule has 0 spiro atoms. The number of carbonyl (C=O) groups is 1. The minimum absolute atomic E-state index is 0.0856. The summed E-state index contributed by atoms with van der Waals surface area (Å²) in [6.07, 6.45) is 1.29. The average molecular weight is 355 g/mol. The van der Waals surface area contributed by atoms with Crippen LogP contribution < -0.4 is 14.8 Å². The molecule has 0 aliphatic rings. The van der Waals surface area contributed by atoms with Crippen molar-refractivity contribution in [3.05, 3.63) is 59.2 Å². The van der Waals surface area contributed by atoms with Crippen LogP contribution in [-0.2, 0) is 11.2 Å². The number of carbonyl (C=O) groups excluding carboxylic acids is 1. The lowest BCUT2D eigenvalue weighted by molar-refractivity contribution is -0.127. The highest BCUT2D eigenvalue weighted by Crippen LogP contribution is 2.20. The zero-order valence-electron chi connectivity index (χ0n) is 16.2. The lowest BCUT2D eigenvalue weighted by Gasteiger charge is -2.16. The van der Waals surface area contributed by atoms with Crippen LogP contribution in [0.1, 0.15) is 37.0 Å². The highest BCUT2D eigenvalue weighted by Gasteiger charge is 2.15. The zero-order valence-corrected chi connectivity index (χ0v) is 16.2. The van der Waals surface area contributed by atoms with E-state index in [4.69, 9.17) is 9.47 Å². The molecule has 0 aliphatic carbocycles. The summed E-state index contributed by atoms with van der Waals surface area (Å²) >= 11 is 0. The van der Waals surface area contributed by atoms with E-state index >= 15 is 0 Å². The molecule has 0 heterocycles. The normalized spacial score (nSPS) is 11.7. The minimum atomic E-state index is -0.513. The molecule has 1 amide bonds. The third-order valence-electron chi connectivity index (χ3n) is 4.19. The van der Waals surface area contributed by atoms with Gasteiger partial charge in [0.2, 0.25) is 0 Å². The molecule has 0 saturated carbocycles. The van der Waals surface area contributed by atoms with Crippen molar-refractivity contribution in [3.8, 4) is 11.5 Å². The number of rotatable bonds is 9. The summed E-state index contributed by atoms with van der Waals surface area (Å²) in [4.78, 5) is 12.2. The largest absolute Gasteiger partial charge is 0.494 e. The summed E-state index contributed by atoms with van der Waals surface area (Å²) in [6.45, 7) is 9.06. The molecule has 140 valence electrons. The second kappa shape index (κ2) is 9.85. The van der Waals surface area contributed by atoms with Crippen LogP contribution >= 0.6 is 0 Å². The molecule has 1 N–H and O–H groups in total. The molecular formula is C22H29NO3. The highest BCUT2D eigenvalue weighted by atomic mass is 16.5. The topological polar surface area (TPSA) is 47.6 Å². The van der Waals surface area contributed by atoms with Crippen LogP contribution in [0, 0.1) is 13.8 Å². The van der Waals surface area contributed by atoms with E-state index in [1.54, 1.807) is 6.92 Å². The molecule has 2 aromatic carbocycles. The van der Waals surface area contributed by atoms with E-state index in [2.05, 4.69) is 17.4 Å². The monoisotopic (exact) mass is 355 g/mol. The van der Waals surface area contributed by atoms with Crippen LogP contribution in [0.3, 0.4) is 0 Å². The molecular weight excluding hydrogens is 326 g/mol. The molecule has 0 saturated heterocycles. The predicted molar refractivity (Wildman–Crippen MR) is 105 cm³/mol. The number of aryl methyl sites for hydroxylation is 3. The quantitative estimate of drug-likeness (QED) is 0.685. The van der Waals surface area contributed by atoms with Gasteiger partial charge in [-0.15, -0.1) is 0 Å². The van der Waals surface area contributed by atoms with E-state index in [0.717, 1.165) is 35.5 Å². The first-order valence-electron chi connectivity index (χ1n) is 9.23. The van der Waals surface area contributed by atoms with Gasteiger partial charge in [-0.1, -0.05) is 24.3 Å². The number of ether oxygens (including phenoxy) is 2. The van der Waals surface area contributed by atoms with Gasteiger partial charge in [0.15, 0.2) is 6.10 Å². The van der Waals surface area contributed by atoms with Crippen LogP contribution in [0.4, 0.5) is 0 Å². The van der Waals surface area contributed by atoms with E-state index in [0.29, 0.717) is 13.2 Å². The smallest absolute Gasteiger partial charge is 0.260 e. The summed E-state index contributed by atoms with van der Waals surface area (Å²) in [5, 5.41) is 2.95. The first-order chi connectivity index (χ1) is 12.5. The molecule has 26 heavy (non-hydrogen) atoms. The molecule has 0 fully saturated rings. The first-order valence-corrected chi connectivity index (χ1v) is 9.23. The Morgan fingerprint density at radius 1 is 1.12 bits per heavy atom. The molecule has 0 bridgehead atoms. The summed E-state index contributed by atoms with van der Waals surface area (Å²) in [5.74, 6) is 1.57. The van der Waals surface area contributed by atoms with Crippen molar-refractivity contribution in [3.63, 3.8) is 0 Å². The van der Waals surface area contributed by atoms with Crippen molar-refractivity contribution in [2.45, 2.75) is 46.6 Å². The lowest BCUT2D eigenvalue weighted by atomic mass is 10.1. The van der Waals surface area contributed by atoms with Crippen molar-refractivity contribution in [2.24, 2.45) is 0 Å². The molecule has 0 radical (unpaired) electrons.